The van der Waals surface area contributed by atoms with Gasteiger partial charge in [0.25, 0.3) is 0 Å². The van der Waals surface area contributed by atoms with Crippen LogP contribution in [0.2, 0.25) is 0 Å². The summed E-state index contributed by atoms with van der Waals surface area (Å²) in [4.78, 5) is 11.6. The second kappa shape index (κ2) is 4.40. The first-order chi connectivity index (χ1) is 6.99. The lowest BCUT2D eigenvalue weighted by Gasteiger charge is -2.09. The van der Waals surface area contributed by atoms with E-state index < -0.39 is 11.6 Å². The van der Waals surface area contributed by atoms with E-state index in [-0.39, 0.29) is 17.9 Å². The van der Waals surface area contributed by atoms with Crippen molar-refractivity contribution in [2.24, 2.45) is 0 Å². The summed E-state index contributed by atoms with van der Waals surface area (Å²) in [5.74, 6) is -1.25. The van der Waals surface area contributed by atoms with E-state index in [0.717, 1.165) is 0 Å². The van der Waals surface area contributed by atoms with Crippen LogP contribution in [0.1, 0.15) is 21.5 Å². The van der Waals surface area contributed by atoms with Crippen molar-refractivity contribution in [3.63, 3.8) is 0 Å². The molecule has 3 nitrogen and oxygen atoms in total. The number of hydrogen-bond acceptors (Lipinski definition) is 3. The summed E-state index contributed by atoms with van der Waals surface area (Å²) in [7, 11) is 1.66. The highest BCUT2D eigenvalue weighted by Gasteiger charge is 2.16. The number of carbonyl (C=O) groups is 1. The molecule has 0 saturated heterocycles. The average molecular weight is 211 g/mol. The lowest BCUT2D eigenvalue weighted by molar-refractivity contribution is 0.0992. The molecule has 15 heavy (non-hydrogen) atoms. The summed E-state index contributed by atoms with van der Waals surface area (Å²) in [6.45, 7) is 3.22. The zero-order valence-electron chi connectivity index (χ0n) is 9.02. The number of rotatable bonds is 3. The van der Waals surface area contributed by atoms with Crippen LogP contribution in [0.4, 0.5) is 4.39 Å². The van der Waals surface area contributed by atoms with E-state index in [1.807, 2.05) is 0 Å². The number of halogens is 1. The van der Waals surface area contributed by atoms with E-state index in [1.54, 1.807) is 7.05 Å². The van der Waals surface area contributed by atoms with Crippen LogP contribution in [0.3, 0.4) is 0 Å². The Labute approximate surface area is 87.9 Å². The Morgan fingerprint density at radius 1 is 1.53 bits per heavy atom. The van der Waals surface area contributed by atoms with Crippen LogP contribution in [0.15, 0.2) is 6.07 Å². The van der Waals surface area contributed by atoms with Crippen molar-refractivity contribution in [3.8, 4) is 5.75 Å². The number of likely N-dealkylation sites (N-methyl/N-ethyl adjacent to an activating group) is 1. The zero-order chi connectivity index (χ0) is 11.6. The highest BCUT2D eigenvalue weighted by Crippen LogP contribution is 2.27. The number of nitrogens with one attached hydrogen (secondary N) is 1. The third-order valence-electron chi connectivity index (χ3n) is 2.31. The van der Waals surface area contributed by atoms with Crippen LogP contribution in [0, 0.1) is 19.7 Å². The average Bonchev–Trinajstić information content (AvgIpc) is 2.20. The largest absolute Gasteiger partial charge is 0.505 e. The maximum Gasteiger partial charge on any atom is 0.177 e. The summed E-state index contributed by atoms with van der Waals surface area (Å²) < 4.78 is 13.2. The molecule has 4 heteroatoms. The summed E-state index contributed by atoms with van der Waals surface area (Å²) >= 11 is 0. The third-order valence-corrected chi connectivity index (χ3v) is 2.31. The van der Waals surface area contributed by atoms with E-state index in [2.05, 4.69) is 5.32 Å². The number of aryl methyl sites for hydroxylation is 1. The molecule has 1 aromatic rings. The maximum absolute atomic E-state index is 13.2. The van der Waals surface area contributed by atoms with Crippen LogP contribution in [-0.2, 0) is 0 Å². The van der Waals surface area contributed by atoms with Gasteiger partial charge in [0.1, 0.15) is 0 Å². The minimum absolute atomic E-state index is 0.159. The van der Waals surface area contributed by atoms with E-state index in [1.165, 1.54) is 19.9 Å². The maximum atomic E-state index is 13.2. The molecule has 0 aliphatic rings. The monoisotopic (exact) mass is 211 g/mol. The summed E-state index contributed by atoms with van der Waals surface area (Å²) in [6.07, 6.45) is 0. The molecule has 0 fully saturated rings. The number of carbonyl (C=O) groups excluding carboxylic acids is 1. The van der Waals surface area contributed by atoms with Gasteiger partial charge in [-0.2, -0.15) is 0 Å². The molecular weight excluding hydrogens is 197 g/mol. The summed E-state index contributed by atoms with van der Waals surface area (Å²) in [6, 6.07) is 1.46. The first-order valence-corrected chi connectivity index (χ1v) is 4.65. The Morgan fingerprint density at radius 2 is 2.13 bits per heavy atom. The molecule has 0 aliphatic carbocycles. The fourth-order valence-electron chi connectivity index (χ4n) is 1.41. The first-order valence-electron chi connectivity index (χ1n) is 4.65. The lowest BCUT2D eigenvalue weighted by atomic mass is 10.00. The van der Waals surface area contributed by atoms with E-state index >= 15 is 0 Å². The van der Waals surface area contributed by atoms with E-state index in [4.69, 9.17) is 0 Å². The normalized spacial score (nSPS) is 10.4. The van der Waals surface area contributed by atoms with Crippen molar-refractivity contribution in [2.45, 2.75) is 13.8 Å². The molecule has 2 N–H and O–H groups in total. The number of aromatic hydroxyl groups is 1. The molecule has 82 valence electrons. The Bertz CT molecular complexity index is 402. The molecular formula is C11H14FNO2. The van der Waals surface area contributed by atoms with Gasteiger partial charge in [0.2, 0.25) is 0 Å². The highest BCUT2D eigenvalue weighted by molar-refractivity contribution is 5.99. The molecule has 0 spiro atoms. The van der Waals surface area contributed by atoms with E-state index in [9.17, 15) is 14.3 Å². The van der Waals surface area contributed by atoms with Gasteiger partial charge in [-0.1, -0.05) is 0 Å². The first kappa shape index (κ1) is 11.7. The second-order valence-corrected chi connectivity index (χ2v) is 3.48. The van der Waals surface area contributed by atoms with Gasteiger partial charge >= 0.3 is 0 Å². The van der Waals surface area contributed by atoms with Crippen molar-refractivity contribution < 1.29 is 14.3 Å². The molecule has 0 saturated carbocycles. The topological polar surface area (TPSA) is 49.3 Å². The molecule has 1 rings (SSSR count). The van der Waals surface area contributed by atoms with Gasteiger partial charge in [-0.05, 0) is 32.5 Å². The zero-order valence-corrected chi connectivity index (χ0v) is 9.02. The quantitative estimate of drug-likeness (QED) is 0.746. The Balaban J connectivity index is 3.26. The fourth-order valence-corrected chi connectivity index (χ4v) is 1.41. The van der Waals surface area contributed by atoms with Gasteiger partial charge in [-0.15, -0.1) is 0 Å². The molecule has 0 radical (unpaired) electrons. The van der Waals surface area contributed by atoms with Crippen molar-refractivity contribution >= 4 is 5.78 Å². The SMILES string of the molecule is CNCC(=O)c1cc(C)c(F)c(O)c1C. The van der Waals surface area contributed by atoms with Crippen LogP contribution >= 0.6 is 0 Å². The smallest absolute Gasteiger partial charge is 0.177 e. The van der Waals surface area contributed by atoms with Crippen molar-refractivity contribution in [1.82, 2.24) is 5.32 Å². The molecule has 0 heterocycles. The number of benzene rings is 1. The standard InChI is InChI=1S/C11H14FNO2/c1-6-4-8(9(14)5-13-3)7(2)11(15)10(6)12/h4,13,15H,5H2,1-3H3. The number of Topliss-reactive ketones (excluding diaryl/α,β-unsaturated/α-hetero) is 1. The fraction of sp³-hybridized carbons (Fsp3) is 0.364. The molecule has 0 amide bonds. The van der Waals surface area contributed by atoms with Crippen molar-refractivity contribution in [2.75, 3.05) is 13.6 Å². The highest BCUT2D eigenvalue weighted by atomic mass is 19.1. The lowest BCUT2D eigenvalue weighted by Crippen LogP contribution is -2.19. The van der Waals surface area contributed by atoms with Crippen molar-refractivity contribution in [3.05, 3.63) is 28.6 Å². The number of phenolic OH excluding ortho intramolecular Hbond substituents is 1. The Kier molecular flexibility index (Phi) is 3.42. The van der Waals surface area contributed by atoms with Crippen LogP contribution in [-0.4, -0.2) is 24.5 Å². The van der Waals surface area contributed by atoms with Gasteiger partial charge in [-0.3, -0.25) is 4.79 Å². The van der Waals surface area contributed by atoms with Crippen LogP contribution in [0.5, 0.6) is 5.75 Å². The molecule has 0 atom stereocenters. The number of phenols is 1. The molecule has 0 aromatic heterocycles. The van der Waals surface area contributed by atoms with Gasteiger partial charge in [0, 0.05) is 11.1 Å². The van der Waals surface area contributed by atoms with Crippen LogP contribution in [0.25, 0.3) is 0 Å². The molecule has 0 aliphatic heterocycles. The third kappa shape index (κ3) is 2.15. The minimum atomic E-state index is -0.659. The number of hydrogen-bond donors (Lipinski definition) is 2. The number of ketones is 1. The Morgan fingerprint density at radius 3 is 2.67 bits per heavy atom. The van der Waals surface area contributed by atoms with Gasteiger partial charge in [-0.25, -0.2) is 4.39 Å². The van der Waals surface area contributed by atoms with Crippen LogP contribution < -0.4 is 5.32 Å². The predicted octanol–water partition coefficient (Wildman–Crippen LogP) is 1.55. The molecule has 0 unspecified atom stereocenters. The van der Waals surface area contributed by atoms with Gasteiger partial charge in [0.15, 0.2) is 17.3 Å². The second-order valence-electron chi connectivity index (χ2n) is 3.48. The van der Waals surface area contributed by atoms with E-state index in [0.29, 0.717) is 11.1 Å². The summed E-state index contributed by atoms with van der Waals surface area (Å²) in [5, 5.41) is 12.2. The van der Waals surface area contributed by atoms with Crippen molar-refractivity contribution in [1.29, 1.82) is 0 Å². The summed E-state index contributed by atoms with van der Waals surface area (Å²) in [5.41, 5.74) is 0.927. The van der Waals surface area contributed by atoms with Gasteiger partial charge < -0.3 is 10.4 Å². The minimum Gasteiger partial charge on any atom is -0.505 e. The molecule has 1 aromatic carbocycles. The molecule has 0 bridgehead atoms. The van der Waals surface area contributed by atoms with Gasteiger partial charge in [0.05, 0.1) is 6.54 Å². The Hall–Kier alpha value is -1.42. The predicted molar refractivity (Wildman–Crippen MR) is 55.8 cm³/mol.